The minimum Gasteiger partial charge on any atom is -0.304 e. The van der Waals surface area contributed by atoms with Gasteiger partial charge in [0.1, 0.15) is 5.65 Å². The Morgan fingerprint density at radius 2 is 1.74 bits per heavy atom. The van der Waals surface area contributed by atoms with E-state index in [0.717, 1.165) is 12.1 Å². The molecule has 94 valence electrons. The van der Waals surface area contributed by atoms with Gasteiger partial charge in [-0.1, -0.05) is 30.3 Å². The molecule has 0 atom stereocenters. The first-order valence-corrected chi connectivity index (χ1v) is 6.97. The standard InChI is InChI=1S/C17H16N2/c1-2-6-13(7-3-1)14-10-11-19-16-9-5-4-8-15(16)18-17(19)12-14/h1-3,6-7,10-12H,4-5,8-9H2. The fourth-order valence-corrected chi connectivity index (χ4v) is 3.00. The lowest BCUT2D eigenvalue weighted by Crippen LogP contribution is -2.03. The molecular formula is C17H16N2. The van der Waals surface area contributed by atoms with E-state index in [0.29, 0.717) is 0 Å². The number of hydrogen-bond acceptors (Lipinski definition) is 1. The maximum atomic E-state index is 4.80. The van der Waals surface area contributed by atoms with Crippen LogP contribution in [0.15, 0.2) is 48.7 Å². The third-order valence-electron chi connectivity index (χ3n) is 3.99. The molecule has 0 amide bonds. The quantitative estimate of drug-likeness (QED) is 0.639. The number of hydrogen-bond donors (Lipinski definition) is 0. The van der Waals surface area contributed by atoms with Crippen LogP contribution in [-0.2, 0) is 12.8 Å². The fourth-order valence-electron chi connectivity index (χ4n) is 3.00. The number of fused-ring (bicyclic) bond motifs is 3. The van der Waals surface area contributed by atoms with E-state index in [1.807, 2.05) is 0 Å². The Labute approximate surface area is 112 Å². The Hall–Kier alpha value is -2.09. The monoisotopic (exact) mass is 248 g/mol. The molecule has 3 aromatic rings. The van der Waals surface area contributed by atoms with E-state index in [-0.39, 0.29) is 0 Å². The first-order valence-electron chi connectivity index (χ1n) is 6.97. The van der Waals surface area contributed by atoms with E-state index in [9.17, 15) is 0 Å². The van der Waals surface area contributed by atoms with Gasteiger partial charge in [0.15, 0.2) is 0 Å². The van der Waals surface area contributed by atoms with Gasteiger partial charge < -0.3 is 4.40 Å². The molecule has 2 nitrogen and oxygen atoms in total. The molecule has 2 aromatic heterocycles. The molecular weight excluding hydrogens is 232 g/mol. The van der Waals surface area contributed by atoms with E-state index in [2.05, 4.69) is 53.1 Å². The Morgan fingerprint density at radius 3 is 2.63 bits per heavy atom. The largest absolute Gasteiger partial charge is 0.304 e. The highest BCUT2D eigenvalue weighted by Gasteiger charge is 2.15. The first-order chi connectivity index (χ1) is 9.42. The topological polar surface area (TPSA) is 17.3 Å². The number of benzene rings is 1. The summed E-state index contributed by atoms with van der Waals surface area (Å²) < 4.78 is 2.26. The lowest BCUT2D eigenvalue weighted by Gasteiger charge is -2.10. The molecule has 0 unspecified atom stereocenters. The van der Waals surface area contributed by atoms with E-state index in [1.54, 1.807) is 0 Å². The Balaban J connectivity index is 1.88. The van der Waals surface area contributed by atoms with Gasteiger partial charge in [0.25, 0.3) is 0 Å². The molecule has 0 spiro atoms. The van der Waals surface area contributed by atoms with Crippen molar-refractivity contribution in [2.45, 2.75) is 25.7 Å². The summed E-state index contributed by atoms with van der Waals surface area (Å²) >= 11 is 0. The van der Waals surface area contributed by atoms with Crippen LogP contribution in [0, 0.1) is 0 Å². The maximum absolute atomic E-state index is 4.80. The van der Waals surface area contributed by atoms with E-state index < -0.39 is 0 Å². The van der Waals surface area contributed by atoms with Crippen LogP contribution < -0.4 is 0 Å². The molecule has 1 aliphatic carbocycles. The SMILES string of the molecule is c1ccc(-c2ccn3c4c(nc3c2)CCCC4)cc1. The van der Waals surface area contributed by atoms with Crippen LogP contribution in [-0.4, -0.2) is 9.38 Å². The van der Waals surface area contributed by atoms with Gasteiger partial charge in [-0.3, -0.25) is 0 Å². The van der Waals surface area contributed by atoms with Gasteiger partial charge in [-0.2, -0.15) is 0 Å². The lowest BCUT2D eigenvalue weighted by molar-refractivity contribution is 0.660. The van der Waals surface area contributed by atoms with Crippen LogP contribution in [0.3, 0.4) is 0 Å². The molecule has 2 heteroatoms. The average molecular weight is 248 g/mol. The molecule has 0 fully saturated rings. The van der Waals surface area contributed by atoms with E-state index in [4.69, 9.17) is 4.98 Å². The molecule has 0 saturated carbocycles. The number of aromatic nitrogens is 2. The second kappa shape index (κ2) is 4.23. The molecule has 0 radical (unpaired) electrons. The van der Waals surface area contributed by atoms with Gasteiger partial charge in [0.05, 0.1) is 5.69 Å². The zero-order chi connectivity index (χ0) is 12.7. The first kappa shape index (κ1) is 10.8. The van der Waals surface area contributed by atoms with Crippen LogP contribution in [0.25, 0.3) is 16.8 Å². The van der Waals surface area contributed by atoms with Crippen molar-refractivity contribution in [3.8, 4) is 11.1 Å². The third-order valence-corrected chi connectivity index (χ3v) is 3.99. The second-order valence-corrected chi connectivity index (χ2v) is 5.22. The summed E-state index contributed by atoms with van der Waals surface area (Å²) in [6.07, 6.45) is 7.05. The summed E-state index contributed by atoms with van der Waals surface area (Å²) in [7, 11) is 0. The minimum absolute atomic E-state index is 1.09. The molecule has 0 bridgehead atoms. The van der Waals surface area contributed by atoms with Crippen molar-refractivity contribution >= 4 is 5.65 Å². The predicted molar refractivity (Wildman–Crippen MR) is 77.3 cm³/mol. The van der Waals surface area contributed by atoms with Gasteiger partial charge in [0, 0.05) is 11.9 Å². The molecule has 1 aromatic carbocycles. The van der Waals surface area contributed by atoms with E-state index >= 15 is 0 Å². The summed E-state index contributed by atoms with van der Waals surface area (Å²) in [6, 6.07) is 14.9. The average Bonchev–Trinajstić information content (AvgIpc) is 2.86. The third kappa shape index (κ3) is 1.75. The fraction of sp³-hybridized carbons (Fsp3) is 0.235. The maximum Gasteiger partial charge on any atom is 0.137 e. The highest BCUT2D eigenvalue weighted by atomic mass is 15.0. The van der Waals surface area contributed by atoms with Crippen LogP contribution in [0.1, 0.15) is 24.2 Å². The van der Waals surface area contributed by atoms with Gasteiger partial charge in [0.2, 0.25) is 0 Å². The normalized spacial score (nSPS) is 14.5. The Bertz CT molecular complexity index is 726. The van der Waals surface area contributed by atoms with Crippen molar-refractivity contribution in [1.82, 2.24) is 9.38 Å². The van der Waals surface area contributed by atoms with Gasteiger partial charge in [-0.25, -0.2) is 4.98 Å². The predicted octanol–water partition coefficient (Wildman–Crippen LogP) is 3.88. The molecule has 0 saturated heterocycles. The highest BCUT2D eigenvalue weighted by Crippen LogP contribution is 2.25. The summed E-state index contributed by atoms with van der Waals surface area (Å²) in [5.74, 6) is 0. The van der Waals surface area contributed by atoms with Gasteiger partial charge in [-0.05, 0) is 48.9 Å². The molecule has 19 heavy (non-hydrogen) atoms. The molecule has 0 aliphatic heterocycles. The zero-order valence-electron chi connectivity index (χ0n) is 10.8. The number of aryl methyl sites for hydroxylation is 2. The van der Waals surface area contributed by atoms with Crippen molar-refractivity contribution in [2.24, 2.45) is 0 Å². The van der Waals surface area contributed by atoms with Crippen molar-refractivity contribution in [1.29, 1.82) is 0 Å². The van der Waals surface area contributed by atoms with Crippen molar-refractivity contribution in [3.63, 3.8) is 0 Å². The molecule has 4 rings (SSSR count). The van der Waals surface area contributed by atoms with E-state index in [1.165, 1.54) is 41.8 Å². The summed E-state index contributed by atoms with van der Waals surface area (Å²) in [5.41, 5.74) is 6.31. The number of pyridine rings is 1. The molecule has 1 aliphatic rings. The van der Waals surface area contributed by atoms with Crippen molar-refractivity contribution < 1.29 is 0 Å². The smallest absolute Gasteiger partial charge is 0.137 e. The number of nitrogens with zero attached hydrogens (tertiary/aromatic N) is 2. The molecule has 2 heterocycles. The zero-order valence-corrected chi connectivity index (χ0v) is 10.8. The van der Waals surface area contributed by atoms with Crippen LogP contribution in [0.5, 0.6) is 0 Å². The summed E-state index contributed by atoms with van der Waals surface area (Å²) in [4.78, 5) is 4.80. The number of imidazole rings is 1. The van der Waals surface area contributed by atoms with Gasteiger partial charge in [-0.15, -0.1) is 0 Å². The van der Waals surface area contributed by atoms with Crippen LogP contribution in [0.4, 0.5) is 0 Å². The highest BCUT2D eigenvalue weighted by molar-refractivity contribution is 5.67. The minimum atomic E-state index is 1.09. The number of rotatable bonds is 1. The van der Waals surface area contributed by atoms with Gasteiger partial charge >= 0.3 is 0 Å². The second-order valence-electron chi connectivity index (χ2n) is 5.22. The summed E-state index contributed by atoms with van der Waals surface area (Å²) in [5, 5.41) is 0. The van der Waals surface area contributed by atoms with Crippen LogP contribution in [0.2, 0.25) is 0 Å². The molecule has 0 N–H and O–H groups in total. The Kier molecular flexibility index (Phi) is 2.41. The Morgan fingerprint density at radius 1 is 0.895 bits per heavy atom. The lowest BCUT2D eigenvalue weighted by atomic mass is 10.0. The van der Waals surface area contributed by atoms with Crippen molar-refractivity contribution in [3.05, 3.63) is 60.0 Å². The summed E-state index contributed by atoms with van der Waals surface area (Å²) in [6.45, 7) is 0. The van der Waals surface area contributed by atoms with Crippen LogP contribution >= 0.6 is 0 Å². The van der Waals surface area contributed by atoms with Crippen molar-refractivity contribution in [2.75, 3.05) is 0 Å².